The third-order valence-electron chi connectivity index (χ3n) is 3.61. The van der Waals surface area contributed by atoms with Gasteiger partial charge in [0.1, 0.15) is 0 Å². The minimum atomic E-state index is 0.160. The molecule has 2 saturated carbocycles. The Kier molecular flexibility index (Phi) is 1.55. The first-order chi connectivity index (χ1) is 6.16. The van der Waals surface area contributed by atoms with Gasteiger partial charge in [0.05, 0.1) is 3.79 Å². The minimum absolute atomic E-state index is 0.160. The van der Waals surface area contributed by atoms with Gasteiger partial charge in [-0.1, -0.05) is 0 Å². The number of rotatable bonds is 2. The van der Waals surface area contributed by atoms with Gasteiger partial charge in [-0.2, -0.15) is 0 Å². The Labute approximate surface area is 90.5 Å². The summed E-state index contributed by atoms with van der Waals surface area (Å²) in [4.78, 5) is 0. The number of hydrogen-bond donors (Lipinski definition) is 1. The third kappa shape index (κ3) is 1.07. The van der Waals surface area contributed by atoms with E-state index in [0.29, 0.717) is 5.41 Å². The van der Waals surface area contributed by atoms with Gasteiger partial charge in [0.15, 0.2) is 0 Å². The fourth-order valence-electron chi connectivity index (χ4n) is 2.37. The van der Waals surface area contributed by atoms with Gasteiger partial charge in [-0.05, 0) is 58.6 Å². The van der Waals surface area contributed by atoms with Crippen LogP contribution in [0.25, 0.3) is 0 Å². The lowest BCUT2D eigenvalue weighted by Crippen LogP contribution is -2.36. The van der Waals surface area contributed by atoms with E-state index in [0.717, 1.165) is 0 Å². The van der Waals surface area contributed by atoms with Crippen molar-refractivity contribution in [2.45, 2.75) is 36.6 Å². The molecule has 1 heterocycles. The molecule has 2 aliphatic rings. The van der Waals surface area contributed by atoms with Gasteiger partial charge in [-0.3, -0.25) is 0 Å². The van der Waals surface area contributed by atoms with Crippen molar-refractivity contribution < 1.29 is 0 Å². The van der Waals surface area contributed by atoms with Crippen molar-refractivity contribution in [3.8, 4) is 0 Å². The van der Waals surface area contributed by atoms with Crippen LogP contribution in [0.1, 0.15) is 31.2 Å². The standard InChI is InChI=1S/C10H12BrNS/c11-8-5-7(6-13-8)9(1-2-9)10(12)3-4-10/h5-6H,1-4,12H2. The molecule has 0 saturated heterocycles. The quantitative estimate of drug-likeness (QED) is 0.866. The molecule has 70 valence electrons. The van der Waals surface area contributed by atoms with E-state index in [1.807, 2.05) is 0 Å². The zero-order chi connectivity index (χ0) is 9.10. The maximum Gasteiger partial charge on any atom is 0.0701 e. The van der Waals surface area contributed by atoms with Crippen LogP contribution in [0.2, 0.25) is 0 Å². The number of hydrogen-bond acceptors (Lipinski definition) is 2. The Morgan fingerprint density at radius 1 is 1.31 bits per heavy atom. The van der Waals surface area contributed by atoms with E-state index in [1.54, 1.807) is 11.3 Å². The van der Waals surface area contributed by atoms with Crippen molar-refractivity contribution in [2.75, 3.05) is 0 Å². The van der Waals surface area contributed by atoms with Crippen molar-refractivity contribution >= 4 is 27.3 Å². The summed E-state index contributed by atoms with van der Waals surface area (Å²) in [5, 5.41) is 2.27. The highest BCUT2D eigenvalue weighted by Crippen LogP contribution is 2.64. The summed E-state index contributed by atoms with van der Waals surface area (Å²) in [5.74, 6) is 0. The Balaban J connectivity index is 2.00. The first-order valence-corrected chi connectivity index (χ1v) is 6.37. The first-order valence-electron chi connectivity index (χ1n) is 4.70. The van der Waals surface area contributed by atoms with E-state index in [-0.39, 0.29) is 5.54 Å². The topological polar surface area (TPSA) is 26.0 Å². The Bertz CT molecular complexity index is 350. The van der Waals surface area contributed by atoms with Crippen LogP contribution in [-0.4, -0.2) is 5.54 Å². The van der Waals surface area contributed by atoms with Gasteiger partial charge in [0.2, 0.25) is 0 Å². The van der Waals surface area contributed by atoms with Gasteiger partial charge < -0.3 is 5.73 Å². The van der Waals surface area contributed by atoms with E-state index in [9.17, 15) is 0 Å². The summed E-state index contributed by atoms with van der Waals surface area (Å²) < 4.78 is 1.23. The Morgan fingerprint density at radius 3 is 2.38 bits per heavy atom. The summed E-state index contributed by atoms with van der Waals surface area (Å²) >= 11 is 5.29. The molecule has 0 atom stereocenters. The molecule has 3 rings (SSSR count). The molecule has 0 bridgehead atoms. The maximum atomic E-state index is 6.32. The number of thiophene rings is 1. The Morgan fingerprint density at radius 2 is 2.00 bits per heavy atom. The van der Waals surface area contributed by atoms with E-state index in [1.165, 1.54) is 35.0 Å². The molecule has 2 fully saturated rings. The molecule has 0 unspecified atom stereocenters. The molecule has 0 spiro atoms. The molecular formula is C10H12BrNS. The lowest BCUT2D eigenvalue weighted by atomic mass is 9.88. The maximum absolute atomic E-state index is 6.32. The molecule has 0 aromatic carbocycles. The molecule has 0 radical (unpaired) electrons. The molecule has 13 heavy (non-hydrogen) atoms. The van der Waals surface area contributed by atoms with Crippen molar-refractivity contribution in [3.05, 3.63) is 20.8 Å². The van der Waals surface area contributed by atoms with Gasteiger partial charge in [0.25, 0.3) is 0 Å². The Hall–Kier alpha value is 0.140. The van der Waals surface area contributed by atoms with Crippen molar-refractivity contribution in [2.24, 2.45) is 5.73 Å². The molecule has 2 aliphatic carbocycles. The second kappa shape index (κ2) is 2.38. The average Bonchev–Trinajstić information content (AvgIpc) is 2.97. The highest BCUT2D eigenvalue weighted by Gasteiger charge is 2.64. The summed E-state index contributed by atoms with van der Waals surface area (Å²) in [7, 11) is 0. The van der Waals surface area contributed by atoms with Crippen LogP contribution >= 0.6 is 27.3 Å². The predicted octanol–water partition coefficient (Wildman–Crippen LogP) is 3.03. The van der Waals surface area contributed by atoms with Crippen LogP contribution in [-0.2, 0) is 5.41 Å². The minimum Gasteiger partial charge on any atom is -0.324 e. The number of halogens is 1. The molecule has 1 nitrogen and oxygen atoms in total. The highest BCUT2D eigenvalue weighted by molar-refractivity contribution is 9.11. The van der Waals surface area contributed by atoms with Crippen LogP contribution in [0.15, 0.2) is 15.2 Å². The van der Waals surface area contributed by atoms with Crippen molar-refractivity contribution in [3.63, 3.8) is 0 Å². The van der Waals surface area contributed by atoms with Crippen LogP contribution in [0.5, 0.6) is 0 Å². The zero-order valence-electron chi connectivity index (χ0n) is 7.35. The molecule has 3 heteroatoms. The van der Waals surface area contributed by atoms with E-state index in [2.05, 4.69) is 27.4 Å². The normalized spacial score (nSPS) is 27.2. The average molecular weight is 258 g/mol. The van der Waals surface area contributed by atoms with Gasteiger partial charge in [0, 0.05) is 11.0 Å². The third-order valence-corrected chi connectivity index (χ3v) is 5.12. The smallest absolute Gasteiger partial charge is 0.0701 e. The first kappa shape index (κ1) is 8.45. The van der Waals surface area contributed by atoms with Crippen LogP contribution in [0.4, 0.5) is 0 Å². The van der Waals surface area contributed by atoms with Crippen molar-refractivity contribution in [1.82, 2.24) is 0 Å². The number of nitrogens with two attached hydrogens (primary N) is 1. The van der Waals surface area contributed by atoms with Crippen LogP contribution in [0, 0.1) is 0 Å². The summed E-state index contributed by atoms with van der Waals surface area (Å²) in [6.45, 7) is 0. The molecule has 1 aromatic heterocycles. The molecular weight excluding hydrogens is 246 g/mol. The molecule has 2 N–H and O–H groups in total. The largest absolute Gasteiger partial charge is 0.324 e. The van der Waals surface area contributed by atoms with Crippen LogP contribution in [0.3, 0.4) is 0 Å². The summed E-state index contributed by atoms with van der Waals surface area (Å²) in [6.07, 6.45) is 5.04. The van der Waals surface area contributed by atoms with Gasteiger partial charge in [-0.25, -0.2) is 0 Å². The fraction of sp³-hybridized carbons (Fsp3) is 0.600. The zero-order valence-corrected chi connectivity index (χ0v) is 9.75. The highest BCUT2D eigenvalue weighted by atomic mass is 79.9. The second-order valence-corrected chi connectivity index (χ2v) is 6.67. The van der Waals surface area contributed by atoms with Gasteiger partial charge in [-0.15, -0.1) is 11.3 Å². The second-order valence-electron chi connectivity index (χ2n) is 4.38. The van der Waals surface area contributed by atoms with E-state index in [4.69, 9.17) is 5.73 Å². The fourth-order valence-corrected chi connectivity index (χ4v) is 3.63. The lowest BCUT2D eigenvalue weighted by molar-refractivity contribution is 0.504. The molecule has 0 aliphatic heterocycles. The molecule has 0 amide bonds. The van der Waals surface area contributed by atoms with E-state index < -0.39 is 0 Å². The SMILES string of the molecule is NC1(C2(c3csc(Br)c3)CC2)CC1. The van der Waals surface area contributed by atoms with Gasteiger partial charge >= 0.3 is 0 Å². The van der Waals surface area contributed by atoms with Crippen molar-refractivity contribution in [1.29, 1.82) is 0 Å². The monoisotopic (exact) mass is 257 g/mol. The lowest BCUT2D eigenvalue weighted by Gasteiger charge is -2.21. The predicted molar refractivity (Wildman–Crippen MR) is 59.1 cm³/mol. The summed E-state index contributed by atoms with van der Waals surface area (Å²) in [5.41, 5.74) is 8.32. The summed E-state index contributed by atoms with van der Waals surface area (Å²) in [6, 6.07) is 2.25. The molecule has 1 aromatic rings. The van der Waals surface area contributed by atoms with E-state index >= 15 is 0 Å². The van der Waals surface area contributed by atoms with Crippen LogP contribution < -0.4 is 5.73 Å².